The summed E-state index contributed by atoms with van der Waals surface area (Å²) in [5.41, 5.74) is 0.774. The number of anilines is 2. The molecule has 1 N–H and O–H groups in total. The van der Waals surface area contributed by atoms with Crippen molar-refractivity contribution in [2.45, 2.75) is 32.9 Å². The number of carbonyl (C=O) groups is 1. The summed E-state index contributed by atoms with van der Waals surface area (Å²) in [6.45, 7) is 6.29. The lowest BCUT2D eigenvalue weighted by molar-refractivity contribution is 0.177. The van der Waals surface area contributed by atoms with E-state index in [9.17, 15) is 4.79 Å². The number of hydrogen-bond acceptors (Lipinski definition) is 8. The van der Waals surface area contributed by atoms with E-state index >= 15 is 0 Å². The highest BCUT2D eigenvalue weighted by molar-refractivity contribution is 6.30. The van der Waals surface area contributed by atoms with Gasteiger partial charge in [0.25, 0.3) is 5.89 Å². The summed E-state index contributed by atoms with van der Waals surface area (Å²) < 4.78 is 10.6. The van der Waals surface area contributed by atoms with Crippen molar-refractivity contribution in [1.29, 1.82) is 0 Å². The van der Waals surface area contributed by atoms with Gasteiger partial charge >= 0.3 is 6.09 Å². The third kappa shape index (κ3) is 4.06. The van der Waals surface area contributed by atoms with Crippen LogP contribution in [-0.2, 0) is 4.74 Å². The second kappa shape index (κ2) is 8.27. The Bertz CT molecular complexity index is 1040. The van der Waals surface area contributed by atoms with Crippen molar-refractivity contribution in [3.63, 3.8) is 0 Å². The molecule has 0 radical (unpaired) electrons. The Hall–Kier alpha value is -3.20. The van der Waals surface area contributed by atoms with Crippen LogP contribution in [0, 0.1) is 5.92 Å². The molecule has 1 aliphatic heterocycles. The predicted octanol–water partition coefficient (Wildman–Crippen LogP) is 4.33. The molecule has 1 aliphatic rings. The number of halogens is 1. The third-order valence-corrected chi connectivity index (χ3v) is 5.08. The van der Waals surface area contributed by atoms with E-state index in [1.807, 2.05) is 32.9 Å². The van der Waals surface area contributed by atoms with Gasteiger partial charge in [-0.1, -0.05) is 30.6 Å². The number of aromatic nitrogens is 4. The molecular weight excluding hydrogens is 408 g/mol. The summed E-state index contributed by atoms with van der Waals surface area (Å²) in [6, 6.07) is 8.43. The molecule has 0 aliphatic carbocycles. The Morgan fingerprint density at radius 2 is 1.93 bits per heavy atom. The Balaban J connectivity index is 1.50. The first kappa shape index (κ1) is 20.1. The highest BCUT2D eigenvalue weighted by atomic mass is 35.5. The summed E-state index contributed by atoms with van der Waals surface area (Å²) in [6.07, 6.45) is 1.19. The lowest BCUT2D eigenvalue weighted by atomic mass is 10.0. The maximum absolute atomic E-state index is 12.2. The molecule has 2 aromatic heterocycles. The maximum atomic E-state index is 12.2. The van der Waals surface area contributed by atoms with E-state index in [1.165, 1.54) is 0 Å². The van der Waals surface area contributed by atoms with Crippen molar-refractivity contribution in [3.05, 3.63) is 47.4 Å². The van der Waals surface area contributed by atoms with Gasteiger partial charge in [-0.15, -0.1) is 0 Å². The topological polar surface area (TPSA) is 106 Å². The normalized spacial score (nSPS) is 17.3. The van der Waals surface area contributed by atoms with Crippen molar-refractivity contribution < 1.29 is 14.1 Å². The fraction of sp³-hybridized carbons (Fsp3) is 0.350. The van der Waals surface area contributed by atoms with Gasteiger partial charge in [-0.05, 0) is 43.2 Å². The summed E-state index contributed by atoms with van der Waals surface area (Å²) in [5, 5.41) is 7.82. The number of amides is 1. The number of ether oxygens (including phenoxy) is 1. The largest absolute Gasteiger partial charge is 0.447 e. The predicted molar refractivity (Wildman–Crippen MR) is 111 cm³/mol. The Kier molecular flexibility index (Phi) is 5.54. The Morgan fingerprint density at radius 3 is 2.67 bits per heavy atom. The van der Waals surface area contributed by atoms with Crippen LogP contribution in [0.2, 0.25) is 5.02 Å². The van der Waals surface area contributed by atoms with Crippen molar-refractivity contribution >= 4 is 29.5 Å². The first-order chi connectivity index (χ1) is 14.4. The van der Waals surface area contributed by atoms with Crippen LogP contribution in [0.3, 0.4) is 0 Å². The third-order valence-electron chi connectivity index (χ3n) is 4.83. The summed E-state index contributed by atoms with van der Waals surface area (Å²) in [4.78, 5) is 26.9. The van der Waals surface area contributed by atoms with Crippen LogP contribution in [-0.4, -0.2) is 38.9 Å². The van der Waals surface area contributed by atoms with Gasteiger partial charge in [0, 0.05) is 16.8 Å². The molecule has 0 bridgehead atoms. The monoisotopic (exact) mass is 428 g/mol. The van der Waals surface area contributed by atoms with Gasteiger partial charge in [0.15, 0.2) is 5.82 Å². The minimum Gasteiger partial charge on any atom is -0.447 e. The van der Waals surface area contributed by atoms with Crippen LogP contribution in [0.4, 0.5) is 16.6 Å². The van der Waals surface area contributed by atoms with Gasteiger partial charge in [-0.25, -0.2) is 9.78 Å². The standard InChI is InChI=1S/C20H21ClN6O3/c1-11(2)15-10-29-20(28)27(15)16-8-9-22-19(24-16)23-12(3)17-25-18(30-26-17)13-4-6-14(21)7-5-13/h4-9,11-12,15H,10H2,1-3H3,(H,22,23,24)/t12-,15+/m0/s1. The lowest BCUT2D eigenvalue weighted by Crippen LogP contribution is -2.37. The molecule has 9 nitrogen and oxygen atoms in total. The number of hydrogen-bond donors (Lipinski definition) is 1. The highest BCUT2D eigenvalue weighted by Crippen LogP contribution is 2.27. The molecule has 0 spiro atoms. The van der Waals surface area contributed by atoms with Crippen LogP contribution in [0.25, 0.3) is 11.5 Å². The molecule has 1 amide bonds. The second-order valence-corrected chi connectivity index (χ2v) is 7.76. The Morgan fingerprint density at radius 1 is 1.17 bits per heavy atom. The summed E-state index contributed by atoms with van der Waals surface area (Å²) >= 11 is 5.92. The molecule has 4 rings (SSSR count). The average Bonchev–Trinajstić information content (AvgIpc) is 3.36. The number of nitrogens with one attached hydrogen (secondary N) is 1. The zero-order valence-corrected chi connectivity index (χ0v) is 17.5. The van der Waals surface area contributed by atoms with Crippen molar-refractivity contribution in [2.75, 3.05) is 16.8 Å². The minimum atomic E-state index is -0.405. The van der Waals surface area contributed by atoms with E-state index in [0.29, 0.717) is 35.1 Å². The Labute approximate surface area is 178 Å². The molecule has 156 valence electrons. The van der Waals surface area contributed by atoms with Crippen molar-refractivity contribution in [3.8, 4) is 11.5 Å². The molecule has 0 unspecified atom stereocenters. The van der Waals surface area contributed by atoms with E-state index < -0.39 is 6.09 Å². The van der Waals surface area contributed by atoms with Gasteiger partial charge in [-0.3, -0.25) is 4.90 Å². The van der Waals surface area contributed by atoms with Crippen molar-refractivity contribution in [2.24, 2.45) is 5.92 Å². The van der Waals surface area contributed by atoms with Crippen LogP contribution >= 0.6 is 11.6 Å². The minimum absolute atomic E-state index is 0.0724. The average molecular weight is 429 g/mol. The molecule has 2 atom stereocenters. The van der Waals surface area contributed by atoms with Gasteiger partial charge < -0.3 is 14.6 Å². The fourth-order valence-corrected chi connectivity index (χ4v) is 3.25. The van der Waals surface area contributed by atoms with Crippen molar-refractivity contribution in [1.82, 2.24) is 20.1 Å². The molecule has 1 fully saturated rings. The summed E-state index contributed by atoms with van der Waals surface area (Å²) in [5.74, 6) is 1.91. The molecule has 30 heavy (non-hydrogen) atoms. The van der Waals surface area contributed by atoms with E-state index in [1.54, 1.807) is 29.3 Å². The van der Waals surface area contributed by atoms with Gasteiger partial charge in [-0.2, -0.15) is 9.97 Å². The molecular formula is C20H21ClN6O3. The fourth-order valence-electron chi connectivity index (χ4n) is 3.12. The molecule has 0 saturated carbocycles. The highest BCUT2D eigenvalue weighted by Gasteiger charge is 2.37. The van der Waals surface area contributed by atoms with E-state index in [-0.39, 0.29) is 18.0 Å². The zero-order chi connectivity index (χ0) is 21.3. The first-order valence-corrected chi connectivity index (χ1v) is 9.95. The van der Waals surface area contributed by atoms with Gasteiger partial charge in [0.1, 0.15) is 12.4 Å². The quantitative estimate of drug-likeness (QED) is 0.618. The number of rotatable bonds is 6. The number of cyclic esters (lactones) is 1. The molecule has 3 heterocycles. The van der Waals surface area contributed by atoms with Gasteiger partial charge in [0.05, 0.1) is 12.1 Å². The van der Waals surface area contributed by atoms with E-state index in [2.05, 4.69) is 25.4 Å². The second-order valence-electron chi connectivity index (χ2n) is 7.33. The summed E-state index contributed by atoms with van der Waals surface area (Å²) in [7, 11) is 0. The van der Waals surface area contributed by atoms with E-state index in [0.717, 1.165) is 5.56 Å². The van der Waals surface area contributed by atoms with Crippen LogP contribution in [0.1, 0.15) is 32.6 Å². The zero-order valence-electron chi connectivity index (χ0n) is 16.7. The molecule has 1 aromatic carbocycles. The number of nitrogens with zero attached hydrogens (tertiary/aromatic N) is 5. The first-order valence-electron chi connectivity index (χ1n) is 9.57. The number of carbonyl (C=O) groups excluding carboxylic acids is 1. The van der Waals surface area contributed by atoms with Gasteiger partial charge in [0.2, 0.25) is 5.95 Å². The van der Waals surface area contributed by atoms with Crippen LogP contribution in [0.5, 0.6) is 0 Å². The smallest absolute Gasteiger partial charge is 0.415 e. The van der Waals surface area contributed by atoms with Crippen LogP contribution in [0.15, 0.2) is 41.1 Å². The van der Waals surface area contributed by atoms with Crippen LogP contribution < -0.4 is 10.2 Å². The SMILES string of the molecule is CC(C)[C@H]1COC(=O)N1c1ccnc(N[C@@H](C)c2noc(-c3ccc(Cl)cc3)n2)n1. The maximum Gasteiger partial charge on any atom is 0.415 e. The molecule has 1 saturated heterocycles. The lowest BCUT2D eigenvalue weighted by Gasteiger charge is -2.23. The molecule has 10 heteroatoms. The molecule has 3 aromatic rings. The van der Waals surface area contributed by atoms with E-state index in [4.69, 9.17) is 20.9 Å². The number of benzene rings is 1.